The number of nitrogens with one attached hydrogen (secondary N) is 1. The van der Waals surface area contributed by atoms with Crippen molar-refractivity contribution in [1.82, 2.24) is 10.3 Å². The maximum atomic E-state index is 13.1. The van der Waals surface area contributed by atoms with Crippen LogP contribution in [-0.4, -0.2) is 42.0 Å². The molecular formula is C21H19ClF4N4O2. The van der Waals surface area contributed by atoms with Gasteiger partial charge in [-0.25, -0.2) is 14.3 Å². The molecule has 1 N–H and O–H groups in total. The molecule has 0 spiro atoms. The molecule has 2 saturated heterocycles. The highest BCUT2D eigenvalue weighted by atomic mass is 35.5. The summed E-state index contributed by atoms with van der Waals surface area (Å²) in [5.74, 6) is -0.932. The Morgan fingerprint density at radius 2 is 1.75 bits per heavy atom. The van der Waals surface area contributed by atoms with Gasteiger partial charge in [0.25, 0.3) is 5.91 Å². The summed E-state index contributed by atoms with van der Waals surface area (Å²) in [6.07, 6.45) is -2.57. The lowest BCUT2D eigenvalue weighted by Gasteiger charge is -2.34. The summed E-state index contributed by atoms with van der Waals surface area (Å²) in [7, 11) is 0. The van der Waals surface area contributed by atoms with Gasteiger partial charge in [0, 0.05) is 25.3 Å². The van der Waals surface area contributed by atoms with Crippen molar-refractivity contribution in [3.8, 4) is 0 Å². The predicted molar refractivity (Wildman–Crippen MR) is 110 cm³/mol. The average Bonchev–Trinajstić information content (AvgIpc) is 3.02. The third kappa shape index (κ3) is 4.56. The number of piperidine rings is 1. The van der Waals surface area contributed by atoms with E-state index in [1.807, 2.05) is 0 Å². The number of rotatable bonds is 4. The van der Waals surface area contributed by atoms with E-state index in [9.17, 15) is 27.2 Å². The molecule has 11 heteroatoms. The number of benzene rings is 1. The molecule has 3 heterocycles. The summed E-state index contributed by atoms with van der Waals surface area (Å²) in [6.45, 7) is 0.957. The van der Waals surface area contributed by atoms with E-state index in [1.54, 1.807) is 4.90 Å². The van der Waals surface area contributed by atoms with Gasteiger partial charge < -0.3 is 10.2 Å². The number of carbonyl (C=O) groups is 2. The van der Waals surface area contributed by atoms with Crippen LogP contribution < -0.4 is 15.1 Å². The quantitative estimate of drug-likeness (QED) is 0.544. The van der Waals surface area contributed by atoms with Gasteiger partial charge in [-0.3, -0.25) is 9.59 Å². The van der Waals surface area contributed by atoms with Crippen LogP contribution in [0.25, 0.3) is 0 Å². The number of nitrogens with zero attached hydrogens (tertiary/aromatic N) is 3. The normalized spacial score (nSPS) is 20.3. The Morgan fingerprint density at radius 3 is 2.34 bits per heavy atom. The summed E-state index contributed by atoms with van der Waals surface area (Å²) in [6, 6.07) is 5.26. The lowest BCUT2D eigenvalue weighted by Crippen LogP contribution is -2.49. The Bertz CT molecular complexity index is 1020. The minimum absolute atomic E-state index is 0.00269. The van der Waals surface area contributed by atoms with Crippen molar-refractivity contribution in [2.45, 2.75) is 37.5 Å². The molecule has 0 unspecified atom stereocenters. The van der Waals surface area contributed by atoms with Crippen molar-refractivity contribution >= 4 is 34.9 Å². The van der Waals surface area contributed by atoms with Crippen LogP contribution in [-0.2, 0) is 15.8 Å². The molecule has 170 valence electrons. The first-order valence-electron chi connectivity index (χ1n) is 9.99. The topological polar surface area (TPSA) is 65.5 Å². The molecule has 0 saturated carbocycles. The summed E-state index contributed by atoms with van der Waals surface area (Å²) in [5.41, 5.74) is -0.582. The third-order valence-corrected chi connectivity index (χ3v) is 5.89. The largest absolute Gasteiger partial charge is 0.417 e. The lowest BCUT2D eigenvalue weighted by molar-refractivity contribution is -0.137. The standard InChI is InChI=1S/C21H19ClF4N4O2/c22-16-9-12(21(24,25)26)11-27-19(16)29-7-5-14(6-8-29)28-17-10-18(31)30(20(17)32)15-3-1-13(23)2-4-15/h1-4,9,11,14,17,28H,5-8,10H2/t17-/m0/s1. The fourth-order valence-corrected chi connectivity index (χ4v) is 4.27. The molecule has 0 aliphatic carbocycles. The molecule has 1 atom stereocenters. The van der Waals surface area contributed by atoms with E-state index < -0.39 is 29.5 Å². The first kappa shape index (κ1) is 22.5. The number of hydrogen-bond acceptors (Lipinski definition) is 5. The smallest absolute Gasteiger partial charge is 0.355 e. The number of hydrogen-bond donors (Lipinski definition) is 1. The van der Waals surface area contributed by atoms with Crippen LogP contribution in [0, 0.1) is 5.82 Å². The van der Waals surface area contributed by atoms with E-state index in [-0.39, 0.29) is 29.2 Å². The SMILES string of the molecule is O=C1C[C@H](NC2CCN(c3ncc(C(F)(F)F)cc3Cl)CC2)C(=O)N1c1ccc(F)cc1. The van der Waals surface area contributed by atoms with Crippen molar-refractivity contribution in [2.75, 3.05) is 22.9 Å². The van der Waals surface area contributed by atoms with Crippen LogP contribution in [0.1, 0.15) is 24.8 Å². The van der Waals surface area contributed by atoms with Gasteiger partial charge in [-0.1, -0.05) is 11.6 Å². The predicted octanol–water partition coefficient (Wildman–Crippen LogP) is 3.78. The number of anilines is 2. The van der Waals surface area contributed by atoms with Crippen molar-refractivity contribution in [2.24, 2.45) is 0 Å². The van der Waals surface area contributed by atoms with Crippen LogP contribution in [0.3, 0.4) is 0 Å². The molecular weight excluding hydrogens is 452 g/mol. The van der Waals surface area contributed by atoms with Crippen LogP contribution in [0.2, 0.25) is 5.02 Å². The van der Waals surface area contributed by atoms with Crippen LogP contribution in [0.15, 0.2) is 36.5 Å². The van der Waals surface area contributed by atoms with Gasteiger partial charge in [0.15, 0.2) is 0 Å². The first-order chi connectivity index (χ1) is 15.1. The van der Waals surface area contributed by atoms with Crippen LogP contribution in [0.5, 0.6) is 0 Å². The number of halogens is 5. The maximum absolute atomic E-state index is 13.1. The maximum Gasteiger partial charge on any atom is 0.417 e. The van der Waals surface area contributed by atoms with Crippen molar-refractivity contribution in [3.05, 3.63) is 52.9 Å². The Hall–Kier alpha value is -2.72. The molecule has 4 rings (SSSR count). The van der Waals surface area contributed by atoms with Gasteiger partial charge in [-0.15, -0.1) is 0 Å². The minimum atomic E-state index is -4.51. The summed E-state index contributed by atoms with van der Waals surface area (Å²) < 4.78 is 51.6. The van der Waals surface area contributed by atoms with Gasteiger partial charge in [0.1, 0.15) is 11.6 Å². The van der Waals surface area contributed by atoms with Gasteiger partial charge in [0.2, 0.25) is 5.91 Å². The molecule has 2 aromatic rings. The van der Waals surface area contributed by atoms with Gasteiger partial charge in [0.05, 0.1) is 28.7 Å². The molecule has 0 radical (unpaired) electrons. The van der Waals surface area contributed by atoms with Gasteiger partial charge in [-0.05, 0) is 43.2 Å². The van der Waals surface area contributed by atoms with E-state index in [0.717, 1.165) is 17.2 Å². The lowest BCUT2D eigenvalue weighted by atomic mass is 10.0. The zero-order chi connectivity index (χ0) is 23.0. The number of aromatic nitrogens is 1. The summed E-state index contributed by atoms with van der Waals surface area (Å²) in [4.78, 5) is 31.8. The Balaban J connectivity index is 1.36. The average molecular weight is 471 g/mol. The fourth-order valence-electron chi connectivity index (χ4n) is 3.98. The first-order valence-corrected chi connectivity index (χ1v) is 10.4. The molecule has 1 aromatic carbocycles. The number of alkyl halides is 3. The molecule has 6 nitrogen and oxygen atoms in total. The number of amides is 2. The Labute approximate surface area is 186 Å². The Morgan fingerprint density at radius 1 is 1.09 bits per heavy atom. The monoisotopic (exact) mass is 470 g/mol. The van der Waals surface area contributed by atoms with Crippen LogP contribution >= 0.6 is 11.6 Å². The fraction of sp³-hybridized carbons (Fsp3) is 0.381. The van der Waals surface area contributed by atoms with Crippen molar-refractivity contribution < 1.29 is 27.2 Å². The van der Waals surface area contributed by atoms with E-state index in [4.69, 9.17) is 11.6 Å². The van der Waals surface area contributed by atoms with Crippen molar-refractivity contribution in [3.63, 3.8) is 0 Å². The van der Waals surface area contributed by atoms with Gasteiger partial charge in [-0.2, -0.15) is 13.2 Å². The highest BCUT2D eigenvalue weighted by molar-refractivity contribution is 6.33. The molecule has 32 heavy (non-hydrogen) atoms. The Kier molecular flexibility index (Phi) is 6.09. The minimum Gasteiger partial charge on any atom is -0.355 e. The summed E-state index contributed by atoms with van der Waals surface area (Å²) in [5, 5.41) is 3.14. The van der Waals surface area contributed by atoms with E-state index in [0.29, 0.717) is 31.6 Å². The van der Waals surface area contributed by atoms with E-state index in [2.05, 4.69) is 10.3 Å². The second kappa shape index (κ2) is 8.67. The summed E-state index contributed by atoms with van der Waals surface area (Å²) >= 11 is 6.03. The number of carbonyl (C=O) groups excluding carboxylic acids is 2. The zero-order valence-corrected chi connectivity index (χ0v) is 17.5. The highest BCUT2D eigenvalue weighted by Crippen LogP contribution is 2.34. The molecule has 2 aliphatic heterocycles. The van der Waals surface area contributed by atoms with Crippen molar-refractivity contribution in [1.29, 1.82) is 0 Å². The number of imide groups is 1. The number of pyridine rings is 1. The second-order valence-electron chi connectivity index (χ2n) is 7.76. The second-order valence-corrected chi connectivity index (χ2v) is 8.16. The molecule has 2 amide bonds. The molecule has 0 bridgehead atoms. The van der Waals surface area contributed by atoms with Gasteiger partial charge >= 0.3 is 6.18 Å². The van der Waals surface area contributed by atoms with E-state index >= 15 is 0 Å². The van der Waals surface area contributed by atoms with Crippen LogP contribution in [0.4, 0.5) is 29.1 Å². The zero-order valence-electron chi connectivity index (χ0n) is 16.7. The molecule has 1 aromatic heterocycles. The molecule has 2 aliphatic rings. The third-order valence-electron chi connectivity index (χ3n) is 5.61. The molecule has 2 fully saturated rings. The van der Waals surface area contributed by atoms with E-state index in [1.165, 1.54) is 24.3 Å². The highest BCUT2D eigenvalue weighted by Gasteiger charge is 2.41.